The summed E-state index contributed by atoms with van der Waals surface area (Å²) < 4.78 is 17.6. The summed E-state index contributed by atoms with van der Waals surface area (Å²) in [4.78, 5) is 26.8. The molecule has 1 aliphatic rings. The van der Waals surface area contributed by atoms with Gasteiger partial charge in [0.1, 0.15) is 17.5 Å². The Morgan fingerprint density at radius 2 is 1.93 bits per heavy atom. The van der Waals surface area contributed by atoms with E-state index in [2.05, 4.69) is 28.1 Å². The molecule has 1 aromatic carbocycles. The highest BCUT2D eigenvalue weighted by atomic mass is 32.1. The van der Waals surface area contributed by atoms with Crippen LogP contribution >= 0.6 is 11.5 Å². The summed E-state index contributed by atoms with van der Waals surface area (Å²) >= 11 is 1.32. The molecule has 0 saturated heterocycles. The van der Waals surface area contributed by atoms with Crippen molar-refractivity contribution < 1.29 is 9.18 Å². The highest BCUT2D eigenvalue weighted by molar-refractivity contribution is 7.10. The number of anilines is 2. The summed E-state index contributed by atoms with van der Waals surface area (Å²) in [5.41, 5.74) is 2.36. The Morgan fingerprint density at radius 1 is 1.21 bits per heavy atom. The lowest BCUT2D eigenvalue weighted by Crippen LogP contribution is -2.54. The van der Waals surface area contributed by atoms with Crippen molar-refractivity contribution in [2.24, 2.45) is 0 Å². The van der Waals surface area contributed by atoms with E-state index in [1.54, 1.807) is 36.5 Å². The Labute approximate surface area is 173 Å². The highest BCUT2D eigenvalue weighted by Gasteiger charge is 2.38. The van der Waals surface area contributed by atoms with Crippen LogP contribution in [-0.4, -0.2) is 39.4 Å². The van der Waals surface area contributed by atoms with Gasteiger partial charge in [0.25, 0.3) is 0 Å². The Hall–Kier alpha value is -2.87. The zero-order valence-electron chi connectivity index (χ0n) is 16.8. The van der Waals surface area contributed by atoms with E-state index >= 15 is 0 Å². The normalized spacial score (nSPS) is 16.5. The van der Waals surface area contributed by atoms with Crippen LogP contribution in [0.15, 0.2) is 36.7 Å². The van der Waals surface area contributed by atoms with E-state index in [1.165, 1.54) is 23.7 Å². The van der Waals surface area contributed by atoms with Gasteiger partial charge in [0.2, 0.25) is 5.91 Å². The van der Waals surface area contributed by atoms with Gasteiger partial charge in [-0.1, -0.05) is 19.1 Å². The van der Waals surface area contributed by atoms with E-state index in [1.807, 2.05) is 6.92 Å². The maximum atomic E-state index is 13.3. The molecule has 3 aromatic rings. The molecule has 29 heavy (non-hydrogen) atoms. The second-order valence-electron chi connectivity index (χ2n) is 7.30. The van der Waals surface area contributed by atoms with Gasteiger partial charge in [0, 0.05) is 13.1 Å². The number of carbonyl (C=O) groups excluding carboxylic acids is 1. The molecule has 150 valence electrons. The summed E-state index contributed by atoms with van der Waals surface area (Å²) in [7, 11) is 1.76. The smallest absolute Gasteiger partial charge is 0.249 e. The van der Waals surface area contributed by atoms with E-state index in [0.717, 1.165) is 21.8 Å². The zero-order chi connectivity index (χ0) is 20.7. The molecule has 0 spiro atoms. The average molecular weight is 412 g/mol. The van der Waals surface area contributed by atoms with Crippen molar-refractivity contribution in [2.45, 2.75) is 39.3 Å². The Kier molecular flexibility index (Phi) is 5.04. The molecule has 6 nitrogen and oxygen atoms in total. The molecular weight excluding hydrogens is 389 g/mol. The predicted octanol–water partition coefficient (Wildman–Crippen LogP) is 4.38. The third-order valence-electron chi connectivity index (χ3n) is 5.17. The molecule has 0 N–H and O–H groups in total. The van der Waals surface area contributed by atoms with Crippen LogP contribution in [0.2, 0.25) is 0 Å². The fourth-order valence-electron chi connectivity index (χ4n) is 3.72. The lowest BCUT2D eigenvalue weighted by atomic mass is 10.1. The first-order chi connectivity index (χ1) is 13.9. The monoisotopic (exact) mass is 411 g/mol. The van der Waals surface area contributed by atoms with Crippen LogP contribution in [0.25, 0.3) is 21.8 Å². The Bertz CT molecular complexity index is 1050. The van der Waals surface area contributed by atoms with Gasteiger partial charge in [-0.2, -0.15) is 4.37 Å². The minimum Gasteiger partial charge on any atom is -0.340 e. The largest absolute Gasteiger partial charge is 0.340 e. The number of nitrogens with zero attached hydrogens (tertiary/aromatic N) is 5. The first-order valence-corrected chi connectivity index (χ1v) is 10.3. The van der Waals surface area contributed by atoms with Crippen LogP contribution in [0, 0.1) is 5.82 Å². The van der Waals surface area contributed by atoms with Crippen molar-refractivity contribution in [1.82, 2.24) is 14.3 Å². The Morgan fingerprint density at radius 3 is 2.59 bits per heavy atom. The van der Waals surface area contributed by atoms with Crippen molar-refractivity contribution in [2.75, 3.05) is 16.8 Å². The van der Waals surface area contributed by atoms with E-state index in [9.17, 15) is 9.18 Å². The fraction of sp³-hybridized carbons (Fsp3) is 0.333. The van der Waals surface area contributed by atoms with Gasteiger partial charge < -0.3 is 9.80 Å². The molecule has 0 aliphatic carbocycles. The average Bonchev–Trinajstić information content (AvgIpc) is 3.20. The van der Waals surface area contributed by atoms with Crippen LogP contribution in [-0.2, 0) is 4.79 Å². The van der Waals surface area contributed by atoms with Gasteiger partial charge in [-0.3, -0.25) is 4.79 Å². The third kappa shape index (κ3) is 3.27. The molecule has 0 saturated carbocycles. The number of hydrogen-bond donors (Lipinski definition) is 0. The van der Waals surface area contributed by atoms with Crippen LogP contribution in [0.3, 0.4) is 0 Å². The Balaban J connectivity index is 1.84. The van der Waals surface area contributed by atoms with E-state index in [-0.39, 0.29) is 23.8 Å². The lowest BCUT2D eigenvalue weighted by molar-refractivity contribution is -0.120. The maximum absolute atomic E-state index is 13.3. The van der Waals surface area contributed by atoms with Crippen molar-refractivity contribution >= 4 is 28.9 Å². The molecule has 1 unspecified atom stereocenters. The molecule has 3 heterocycles. The lowest BCUT2D eigenvalue weighted by Gasteiger charge is -2.42. The molecule has 4 rings (SSSR count). The van der Waals surface area contributed by atoms with E-state index < -0.39 is 0 Å². The van der Waals surface area contributed by atoms with Gasteiger partial charge in [-0.15, -0.1) is 0 Å². The number of carbonyl (C=O) groups is 1. The van der Waals surface area contributed by atoms with Crippen molar-refractivity contribution in [3.05, 3.63) is 42.5 Å². The summed E-state index contributed by atoms with van der Waals surface area (Å²) in [6, 6.07) is 6.16. The molecule has 8 heteroatoms. The van der Waals surface area contributed by atoms with Gasteiger partial charge in [0.05, 0.1) is 22.8 Å². The standard InChI is InChI=1S/C21H22FN5OS/c1-5-16-21(28)26(4)17-11-23-19(25-20(17)27(16)12(2)3)15-10-24-29-18(15)13-6-8-14(22)9-7-13/h6-12,16H,5H2,1-4H3. The molecule has 0 fully saturated rings. The van der Waals surface area contributed by atoms with Crippen LogP contribution < -0.4 is 9.80 Å². The fourth-order valence-corrected chi connectivity index (χ4v) is 4.46. The number of fused-ring (bicyclic) bond motifs is 1. The molecule has 0 bridgehead atoms. The number of amides is 1. The molecule has 1 aliphatic heterocycles. The number of rotatable bonds is 4. The molecular formula is C21H22FN5OS. The summed E-state index contributed by atoms with van der Waals surface area (Å²) in [6.07, 6.45) is 4.13. The van der Waals surface area contributed by atoms with E-state index in [4.69, 9.17) is 4.98 Å². The quantitative estimate of drug-likeness (QED) is 0.638. The summed E-state index contributed by atoms with van der Waals surface area (Å²) in [5.74, 6) is 1.06. The molecule has 0 radical (unpaired) electrons. The van der Waals surface area contributed by atoms with Crippen LogP contribution in [0.5, 0.6) is 0 Å². The molecule has 1 amide bonds. The highest BCUT2D eigenvalue weighted by Crippen LogP contribution is 2.39. The van der Waals surface area contributed by atoms with Gasteiger partial charge in [-0.05, 0) is 49.5 Å². The van der Waals surface area contributed by atoms with E-state index in [0.29, 0.717) is 17.9 Å². The first kappa shape index (κ1) is 19.4. The number of hydrogen-bond acceptors (Lipinski definition) is 6. The number of benzene rings is 1. The van der Waals surface area contributed by atoms with Crippen molar-refractivity contribution in [1.29, 1.82) is 0 Å². The van der Waals surface area contributed by atoms with Crippen molar-refractivity contribution in [3.8, 4) is 21.8 Å². The second kappa shape index (κ2) is 7.51. The predicted molar refractivity (Wildman–Crippen MR) is 114 cm³/mol. The number of halogens is 1. The zero-order valence-corrected chi connectivity index (χ0v) is 17.6. The third-order valence-corrected chi connectivity index (χ3v) is 6.02. The molecule has 2 aromatic heterocycles. The minimum atomic E-state index is -0.282. The van der Waals surface area contributed by atoms with Crippen LogP contribution in [0.1, 0.15) is 27.2 Å². The van der Waals surface area contributed by atoms with Gasteiger partial charge in [0.15, 0.2) is 11.6 Å². The SMILES string of the molecule is CCC1C(=O)N(C)c2cnc(-c3cnsc3-c3ccc(F)cc3)nc2N1C(C)C. The first-order valence-electron chi connectivity index (χ1n) is 9.56. The number of aromatic nitrogens is 3. The molecule has 1 atom stereocenters. The number of likely N-dealkylation sites (N-methyl/N-ethyl adjacent to an activating group) is 1. The topological polar surface area (TPSA) is 62.2 Å². The summed E-state index contributed by atoms with van der Waals surface area (Å²) in [6.45, 7) is 6.13. The summed E-state index contributed by atoms with van der Waals surface area (Å²) in [5, 5.41) is 0. The van der Waals surface area contributed by atoms with Crippen molar-refractivity contribution in [3.63, 3.8) is 0 Å². The van der Waals surface area contributed by atoms with Crippen LogP contribution in [0.4, 0.5) is 15.9 Å². The van der Waals surface area contributed by atoms with Gasteiger partial charge >= 0.3 is 0 Å². The van der Waals surface area contributed by atoms with Gasteiger partial charge in [-0.25, -0.2) is 14.4 Å². The second-order valence-corrected chi connectivity index (χ2v) is 8.10. The maximum Gasteiger partial charge on any atom is 0.249 e. The minimum absolute atomic E-state index is 0.0502.